The first kappa shape index (κ1) is 24.1. The molecule has 0 aliphatic rings. The Balaban J connectivity index is 1.91. The first-order chi connectivity index (χ1) is 14.4. The molecule has 0 aliphatic heterocycles. The third-order valence-electron chi connectivity index (χ3n) is 3.69. The number of nitrogens with one attached hydrogen (secondary N) is 2. The summed E-state index contributed by atoms with van der Waals surface area (Å²) in [6.45, 7) is -1.93. The number of sulfonamides is 1. The maximum Gasteiger partial charge on any atom is 0.422 e. The van der Waals surface area contributed by atoms with Crippen molar-refractivity contribution >= 4 is 27.5 Å². The second kappa shape index (κ2) is 9.75. The van der Waals surface area contributed by atoms with Crippen molar-refractivity contribution in [2.45, 2.75) is 11.1 Å². The summed E-state index contributed by atoms with van der Waals surface area (Å²) in [5.74, 6) is -1.56. The third-order valence-corrected chi connectivity index (χ3v) is 5.50. The van der Waals surface area contributed by atoms with E-state index in [0.717, 1.165) is 16.6 Å². The molecule has 1 aromatic heterocycles. The van der Waals surface area contributed by atoms with E-state index in [4.69, 9.17) is 0 Å². The summed E-state index contributed by atoms with van der Waals surface area (Å²) in [7, 11) is -1.01. The van der Waals surface area contributed by atoms with Crippen LogP contribution in [0, 0.1) is 0 Å². The van der Waals surface area contributed by atoms with Crippen LogP contribution in [0.1, 0.15) is 10.4 Å². The number of anilines is 1. The smallest absolute Gasteiger partial charge is 0.422 e. The van der Waals surface area contributed by atoms with Gasteiger partial charge in [-0.15, -0.1) is 0 Å². The number of aromatic nitrogens is 1. The molecule has 2 amide bonds. The topological polar surface area (TPSA) is 118 Å². The molecule has 1 aromatic carbocycles. The van der Waals surface area contributed by atoms with Crippen LogP contribution in [0.4, 0.5) is 18.9 Å². The Kier molecular flexibility index (Phi) is 7.57. The number of benzene rings is 1. The Bertz CT molecular complexity index is 1040. The van der Waals surface area contributed by atoms with E-state index in [1.807, 2.05) is 0 Å². The van der Waals surface area contributed by atoms with Crippen molar-refractivity contribution in [3.63, 3.8) is 0 Å². The second-order valence-electron chi connectivity index (χ2n) is 6.34. The van der Waals surface area contributed by atoms with Gasteiger partial charge in [-0.25, -0.2) is 17.7 Å². The first-order valence-electron chi connectivity index (χ1n) is 8.65. The molecule has 2 N–H and O–H groups in total. The molecule has 31 heavy (non-hydrogen) atoms. The largest absolute Gasteiger partial charge is 0.468 e. The highest BCUT2D eigenvalue weighted by Crippen LogP contribution is 2.18. The zero-order valence-corrected chi connectivity index (χ0v) is 17.2. The Morgan fingerprint density at radius 2 is 1.87 bits per heavy atom. The summed E-state index contributed by atoms with van der Waals surface area (Å²) < 4.78 is 66.1. The Morgan fingerprint density at radius 1 is 1.16 bits per heavy atom. The lowest BCUT2D eigenvalue weighted by atomic mass is 10.2. The maximum atomic E-state index is 12.2. The van der Waals surface area contributed by atoms with Gasteiger partial charge in [-0.05, 0) is 24.3 Å². The van der Waals surface area contributed by atoms with Crippen molar-refractivity contribution in [2.24, 2.45) is 0 Å². The number of carbonyl (C=O) groups is 2. The lowest BCUT2D eigenvalue weighted by molar-refractivity contribution is -0.154. The molecule has 0 saturated heterocycles. The molecule has 0 atom stereocenters. The van der Waals surface area contributed by atoms with Gasteiger partial charge >= 0.3 is 6.18 Å². The van der Waals surface area contributed by atoms with Gasteiger partial charge in [0, 0.05) is 25.7 Å². The molecule has 0 radical (unpaired) electrons. The molecule has 0 fully saturated rings. The molecule has 1 heterocycles. The van der Waals surface area contributed by atoms with Crippen molar-refractivity contribution in [1.82, 2.24) is 14.6 Å². The lowest BCUT2D eigenvalue weighted by Crippen LogP contribution is -2.33. The molecule has 0 spiro atoms. The molecular formula is C18H19F3N4O5S. The minimum atomic E-state index is -4.50. The fraction of sp³-hybridized carbons (Fsp3) is 0.278. The highest BCUT2D eigenvalue weighted by molar-refractivity contribution is 7.89. The van der Waals surface area contributed by atoms with Gasteiger partial charge in [0.1, 0.15) is 0 Å². The van der Waals surface area contributed by atoms with Gasteiger partial charge in [-0.3, -0.25) is 9.59 Å². The fourth-order valence-corrected chi connectivity index (χ4v) is 3.12. The van der Waals surface area contributed by atoms with Crippen LogP contribution >= 0.6 is 0 Å². The molecule has 13 heteroatoms. The predicted octanol–water partition coefficient (Wildman–Crippen LogP) is 1.64. The Morgan fingerprint density at radius 3 is 2.45 bits per heavy atom. The van der Waals surface area contributed by atoms with Gasteiger partial charge in [0.25, 0.3) is 5.91 Å². The molecule has 2 rings (SSSR count). The molecular weight excluding hydrogens is 441 g/mol. The van der Waals surface area contributed by atoms with Crippen LogP contribution in [-0.2, 0) is 14.8 Å². The van der Waals surface area contributed by atoms with Gasteiger partial charge in [0.05, 0.1) is 23.3 Å². The Hall–Kier alpha value is -3.19. The second-order valence-corrected chi connectivity index (χ2v) is 8.49. The molecule has 0 bridgehead atoms. The fourth-order valence-electron chi connectivity index (χ4n) is 2.17. The van der Waals surface area contributed by atoms with E-state index in [1.165, 1.54) is 44.4 Å². The van der Waals surface area contributed by atoms with Crippen molar-refractivity contribution in [3.05, 3.63) is 48.2 Å². The number of hydrogen-bond acceptors (Lipinski definition) is 6. The molecule has 9 nitrogen and oxygen atoms in total. The number of halogens is 3. The lowest BCUT2D eigenvalue weighted by Gasteiger charge is -2.12. The number of rotatable bonds is 8. The van der Waals surface area contributed by atoms with Crippen molar-refractivity contribution < 1.29 is 35.9 Å². The van der Waals surface area contributed by atoms with Crippen LogP contribution < -0.4 is 15.4 Å². The minimum absolute atomic E-state index is 0.0450. The van der Waals surface area contributed by atoms with E-state index in [9.17, 15) is 31.2 Å². The van der Waals surface area contributed by atoms with E-state index >= 15 is 0 Å². The van der Waals surface area contributed by atoms with Gasteiger partial charge in [0.2, 0.25) is 21.8 Å². The molecule has 2 aromatic rings. The quantitative estimate of drug-likeness (QED) is 0.619. The van der Waals surface area contributed by atoms with Crippen molar-refractivity contribution in [2.75, 3.05) is 32.6 Å². The number of hydrogen-bond donors (Lipinski definition) is 2. The highest BCUT2D eigenvalue weighted by Gasteiger charge is 2.28. The Labute approximate surface area is 176 Å². The monoisotopic (exact) mass is 460 g/mol. The van der Waals surface area contributed by atoms with Crippen LogP contribution in [0.5, 0.6) is 5.88 Å². The summed E-state index contributed by atoms with van der Waals surface area (Å²) in [6.07, 6.45) is -3.40. The number of carbonyl (C=O) groups excluding carboxylic acids is 2. The van der Waals surface area contributed by atoms with Crippen LogP contribution in [0.25, 0.3) is 0 Å². The standard InChI is InChI=1S/C18H19F3N4O5S/c1-25(2)31(28,29)14-5-3-4-12(8-14)17(27)23-10-15(26)24-13-6-7-16(22-9-13)30-11-18(19,20)21/h3-9H,10-11H2,1-2H3,(H,23,27)(H,24,26). The van der Waals surface area contributed by atoms with E-state index in [1.54, 1.807) is 0 Å². The van der Waals surface area contributed by atoms with Gasteiger partial charge in [-0.1, -0.05) is 6.07 Å². The van der Waals surface area contributed by atoms with Crippen LogP contribution in [0.3, 0.4) is 0 Å². The van der Waals surface area contributed by atoms with Gasteiger partial charge < -0.3 is 15.4 Å². The van der Waals surface area contributed by atoms with Gasteiger partial charge in [-0.2, -0.15) is 13.2 Å². The van der Waals surface area contributed by atoms with E-state index in [2.05, 4.69) is 20.4 Å². The molecule has 0 unspecified atom stereocenters. The molecule has 0 saturated carbocycles. The number of pyridine rings is 1. The number of ether oxygens (including phenoxy) is 1. The minimum Gasteiger partial charge on any atom is -0.468 e. The van der Waals surface area contributed by atoms with Crippen LogP contribution in [0.15, 0.2) is 47.5 Å². The average molecular weight is 460 g/mol. The number of amides is 2. The third kappa shape index (κ3) is 7.22. The average Bonchev–Trinajstić information content (AvgIpc) is 2.71. The van der Waals surface area contributed by atoms with Crippen LogP contribution in [-0.4, -0.2) is 62.9 Å². The van der Waals surface area contributed by atoms with E-state index in [0.29, 0.717) is 0 Å². The van der Waals surface area contributed by atoms with Crippen molar-refractivity contribution in [1.29, 1.82) is 0 Å². The van der Waals surface area contributed by atoms with E-state index in [-0.39, 0.29) is 22.0 Å². The summed E-state index contributed by atoms with van der Waals surface area (Å²) >= 11 is 0. The number of nitrogens with zero attached hydrogens (tertiary/aromatic N) is 2. The zero-order valence-electron chi connectivity index (χ0n) is 16.4. The number of alkyl halides is 3. The highest BCUT2D eigenvalue weighted by atomic mass is 32.2. The molecule has 168 valence electrons. The summed E-state index contributed by atoms with van der Waals surface area (Å²) in [4.78, 5) is 27.8. The summed E-state index contributed by atoms with van der Waals surface area (Å²) in [6, 6.07) is 7.76. The zero-order chi connectivity index (χ0) is 23.2. The normalized spacial score (nSPS) is 11.8. The van der Waals surface area contributed by atoms with E-state index < -0.39 is 41.2 Å². The maximum absolute atomic E-state index is 12.2. The van der Waals surface area contributed by atoms with Crippen molar-refractivity contribution in [3.8, 4) is 5.88 Å². The summed E-state index contributed by atoms with van der Waals surface area (Å²) in [5.41, 5.74) is 0.223. The molecule has 0 aliphatic carbocycles. The van der Waals surface area contributed by atoms with Crippen LogP contribution in [0.2, 0.25) is 0 Å². The van der Waals surface area contributed by atoms with Gasteiger partial charge in [0.15, 0.2) is 6.61 Å². The summed E-state index contributed by atoms with van der Waals surface area (Å²) in [5, 5.41) is 4.75. The first-order valence-corrected chi connectivity index (χ1v) is 10.1. The SMILES string of the molecule is CN(C)S(=O)(=O)c1cccc(C(=O)NCC(=O)Nc2ccc(OCC(F)(F)F)nc2)c1. The predicted molar refractivity (Wildman–Crippen MR) is 104 cm³/mol.